The minimum Gasteiger partial charge on any atom is -0.504 e. The molecule has 0 unspecified atom stereocenters. The van der Waals surface area contributed by atoms with Crippen molar-refractivity contribution in [3.8, 4) is 17.6 Å². The highest BCUT2D eigenvalue weighted by molar-refractivity contribution is 6.12. The van der Waals surface area contributed by atoms with Crippen molar-refractivity contribution in [3.05, 3.63) is 65.9 Å². The zero-order valence-electron chi connectivity index (χ0n) is 14.3. The Morgan fingerprint density at radius 1 is 1.26 bits per heavy atom. The number of ether oxygens (including phenoxy) is 1. The van der Waals surface area contributed by atoms with Gasteiger partial charge in [0.15, 0.2) is 11.5 Å². The summed E-state index contributed by atoms with van der Waals surface area (Å²) in [6, 6.07) is 15.5. The number of nitriles is 1. The number of methoxy groups -OCH3 is 1. The van der Waals surface area contributed by atoms with Gasteiger partial charge in [0.25, 0.3) is 5.91 Å². The second-order valence-corrected chi connectivity index (χ2v) is 5.43. The third-order valence-electron chi connectivity index (χ3n) is 3.77. The number of halogens is 1. The molecule has 1 aromatic heterocycles. The first kappa shape index (κ1) is 19.8. The summed E-state index contributed by atoms with van der Waals surface area (Å²) in [4.78, 5) is 16.7. The van der Waals surface area contributed by atoms with Crippen LogP contribution in [0.5, 0.6) is 11.5 Å². The Hall–Kier alpha value is -3.56. The van der Waals surface area contributed by atoms with E-state index in [1.165, 1.54) is 19.3 Å². The summed E-state index contributed by atoms with van der Waals surface area (Å²) >= 11 is 0. The molecule has 0 radical (unpaired) electrons. The molecule has 0 saturated carbocycles. The number of benzene rings is 2. The minimum atomic E-state index is -0.542. The fourth-order valence-electron chi connectivity index (χ4n) is 2.51. The van der Waals surface area contributed by atoms with Crippen molar-refractivity contribution in [2.45, 2.75) is 0 Å². The molecule has 0 aliphatic heterocycles. The molecule has 2 aromatic carbocycles. The number of phenols is 1. The molecular formula is C20H16ClN3O3. The highest BCUT2D eigenvalue weighted by Crippen LogP contribution is 2.27. The number of hydrogen-bond donors (Lipinski definition) is 2. The number of aromatic nitrogens is 1. The monoisotopic (exact) mass is 381 g/mol. The van der Waals surface area contributed by atoms with E-state index in [1.54, 1.807) is 36.5 Å². The number of fused-ring (bicyclic) bond motifs is 1. The molecule has 27 heavy (non-hydrogen) atoms. The number of carbonyl (C=O) groups excluding carboxylic acids is 1. The van der Waals surface area contributed by atoms with Crippen LogP contribution < -0.4 is 10.1 Å². The van der Waals surface area contributed by atoms with Crippen LogP contribution >= 0.6 is 12.4 Å². The van der Waals surface area contributed by atoms with Crippen molar-refractivity contribution in [1.29, 1.82) is 5.26 Å². The normalized spacial score (nSPS) is 10.6. The number of anilines is 1. The molecule has 0 spiro atoms. The average molecular weight is 382 g/mol. The van der Waals surface area contributed by atoms with Gasteiger partial charge >= 0.3 is 0 Å². The van der Waals surface area contributed by atoms with Crippen LogP contribution in [0, 0.1) is 11.3 Å². The number of rotatable bonds is 4. The standard InChI is InChI=1S/C20H15N3O3.ClH/c1-26-19-8-7-13(11-18(19)24)10-14(12-21)20(25)23-17-6-2-5-16-15(17)4-3-9-22-16;/h2-11,24H,1H3,(H,23,25);1H/b14-10-;. The van der Waals surface area contributed by atoms with Gasteiger partial charge in [-0.15, -0.1) is 12.4 Å². The summed E-state index contributed by atoms with van der Waals surface area (Å²) in [7, 11) is 1.44. The topological polar surface area (TPSA) is 95.2 Å². The van der Waals surface area contributed by atoms with E-state index >= 15 is 0 Å². The van der Waals surface area contributed by atoms with Crippen LogP contribution in [-0.4, -0.2) is 23.1 Å². The fourth-order valence-corrected chi connectivity index (χ4v) is 2.51. The third kappa shape index (κ3) is 4.35. The lowest BCUT2D eigenvalue weighted by atomic mass is 10.1. The van der Waals surface area contributed by atoms with Crippen LogP contribution in [0.1, 0.15) is 5.56 Å². The minimum absolute atomic E-state index is 0. The summed E-state index contributed by atoms with van der Waals surface area (Å²) < 4.78 is 4.98. The van der Waals surface area contributed by atoms with Crippen molar-refractivity contribution in [2.75, 3.05) is 12.4 Å². The third-order valence-corrected chi connectivity index (χ3v) is 3.77. The highest BCUT2D eigenvalue weighted by atomic mass is 35.5. The molecular weight excluding hydrogens is 366 g/mol. The number of nitrogens with zero attached hydrogens (tertiary/aromatic N) is 2. The maximum Gasteiger partial charge on any atom is 0.266 e. The van der Waals surface area contributed by atoms with Crippen LogP contribution in [0.15, 0.2) is 60.3 Å². The van der Waals surface area contributed by atoms with Crippen LogP contribution in [0.25, 0.3) is 17.0 Å². The zero-order chi connectivity index (χ0) is 18.5. The van der Waals surface area contributed by atoms with E-state index in [1.807, 2.05) is 18.2 Å². The van der Waals surface area contributed by atoms with Crippen molar-refractivity contribution in [2.24, 2.45) is 0 Å². The molecule has 3 rings (SSSR count). The quantitative estimate of drug-likeness (QED) is 0.527. The van der Waals surface area contributed by atoms with Gasteiger partial charge in [0.05, 0.1) is 18.3 Å². The maximum atomic E-state index is 12.5. The first-order valence-electron chi connectivity index (χ1n) is 7.76. The predicted molar refractivity (Wildman–Crippen MR) is 106 cm³/mol. The van der Waals surface area contributed by atoms with Gasteiger partial charge in [-0.05, 0) is 48.0 Å². The van der Waals surface area contributed by atoms with E-state index in [0.29, 0.717) is 17.0 Å². The van der Waals surface area contributed by atoms with E-state index in [4.69, 9.17) is 4.74 Å². The molecule has 0 fully saturated rings. The zero-order valence-corrected chi connectivity index (χ0v) is 15.2. The van der Waals surface area contributed by atoms with Crippen molar-refractivity contribution in [1.82, 2.24) is 4.98 Å². The molecule has 0 aliphatic rings. The Morgan fingerprint density at radius 3 is 2.78 bits per heavy atom. The van der Waals surface area contributed by atoms with E-state index in [-0.39, 0.29) is 23.7 Å². The molecule has 2 N–H and O–H groups in total. The van der Waals surface area contributed by atoms with Crippen LogP contribution in [-0.2, 0) is 4.79 Å². The van der Waals surface area contributed by atoms with E-state index in [2.05, 4.69) is 10.3 Å². The Kier molecular flexibility index (Phi) is 6.36. The summed E-state index contributed by atoms with van der Waals surface area (Å²) in [5.41, 5.74) is 1.73. The summed E-state index contributed by atoms with van der Waals surface area (Å²) in [5.74, 6) is -0.299. The van der Waals surface area contributed by atoms with E-state index in [0.717, 1.165) is 10.9 Å². The van der Waals surface area contributed by atoms with Gasteiger partial charge in [-0.25, -0.2) is 0 Å². The molecule has 0 bridgehead atoms. The molecule has 0 atom stereocenters. The largest absolute Gasteiger partial charge is 0.504 e. The lowest BCUT2D eigenvalue weighted by molar-refractivity contribution is -0.112. The van der Waals surface area contributed by atoms with Gasteiger partial charge < -0.3 is 15.2 Å². The summed E-state index contributed by atoms with van der Waals surface area (Å²) in [6.07, 6.45) is 3.07. The average Bonchev–Trinajstić information content (AvgIpc) is 2.66. The maximum absolute atomic E-state index is 12.5. The smallest absolute Gasteiger partial charge is 0.266 e. The Bertz CT molecular complexity index is 1050. The number of hydrogen-bond acceptors (Lipinski definition) is 5. The number of amides is 1. The number of aromatic hydroxyl groups is 1. The number of phenolic OH excluding ortho intramolecular Hbond substituents is 1. The molecule has 3 aromatic rings. The second-order valence-electron chi connectivity index (χ2n) is 5.43. The molecule has 0 aliphatic carbocycles. The Morgan fingerprint density at radius 2 is 2.07 bits per heavy atom. The second kappa shape index (κ2) is 8.70. The van der Waals surface area contributed by atoms with Crippen molar-refractivity contribution < 1.29 is 14.6 Å². The molecule has 1 amide bonds. The first-order valence-corrected chi connectivity index (χ1v) is 7.76. The van der Waals surface area contributed by atoms with Gasteiger partial charge in [-0.2, -0.15) is 5.26 Å². The lowest BCUT2D eigenvalue weighted by Crippen LogP contribution is -2.13. The van der Waals surface area contributed by atoms with E-state index < -0.39 is 5.91 Å². The van der Waals surface area contributed by atoms with Gasteiger partial charge in [0.1, 0.15) is 11.6 Å². The SMILES string of the molecule is COc1ccc(/C=C(/C#N)C(=O)Nc2cccc3ncccc23)cc1O.Cl. The molecule has 1 heterocycles. The number of pyridine rings is 1. The van der Waals surface area contributed by atoms with Gasteiger partial charge in [-0.1, -0.05) is 12.1 Å². The molecule has 136 valence electrons. The van der Waals surface area contributed by atoms with Gasteiger partial charge in [0, 0.05) is 11.6 Å². The van der Waals surface area contributed by atoms with Gasteiger partial charge in [0.2, 0.25) is 0 Å². The fraction of sp³-hybridized carbons (Fsp3) is 0.0500. The lowest BCUT2D eigenvalue weighted by Gasteiger charge is -2.08. The predicted octanol–water partition coefficient (Wildman–Crippen LogP) is 3.92. The summed E-state index contributed by atoms with van der Waals surface area (Å²) in [5, 5.41) is 22.7. The number of nitrogens with one attached hydrogen (secondary N) is 1. The molecule has 6 nitrogen and oxygen atoms in total. The van der Waals surface area contributed by atoms with Crippen molar-refractivity contribution >= 4 is 41.0 Å². The van der Waals surface area contributed by atoms with Crippen LogP contribution in [0.4, 0.5) is 5.69 Å². The molecule has 7 heteroatoms. The van der Waals surface area contributed by atoms with Gasteiger partial charge in [-0.3, -0.25) is 9.78 Å². The summed E-state index contributed by atoms with van der Waals surface area (Å²) in [6.45, 7) is 0. The van der Waals surface area contributed by atoms with Crippen molar-refractivity contribution in [3.63, 3.8) is 0 Å². The van der Waals surface area contributed by atoms with E-state index in [9.17, 15) is 15.2 Å². The first-order chi connectivity index (χ1) is 12.6. The molecule has 0 saturated heterocycles. The Balaban J connectivity index is 0.00000261. The Labute approximate surface area is 162 Å². The number of carbonyl (C=O) groups is 1. The van der Waals surface area contributed by atoms with Crippen LogP contribution in [0.2, 0.25) is 0 Å². The van der Waals surface area contributed by atoms with Crippen LogP contribution in [0.3, 0.4) is 0 Å². The highest BCUT2D eigenvalue weighted by Gasteiger charge is 2.12.